The molecule has 1 aliphatic carbocycles. The van der Waals surface area contributed by atoms with E-state index in [9.17, 15) is 8.42 Å². The van der Waals surface area contributed by atoms with E-state index < -0.39 is 10.0 Å². The lowest BCUT2D eigenvalue weighted by Gasteiger charge is -2.14. The minimum absolute atomic E-state index is 0.00609. The molecule has 0 spiro atoms. The molecule has 0 atom stereocenters. The van der Waals surface area contributed by atoms with Gasteiger partial charge in [0, 0.05) is 0 Å². The maximum atomic E-state index is 12.0. The van der Waals surface area contributed by atoms with E-state index in [1.807, 2.05) is 0 Å². The SMILES string of the molecule is O=S(=O)(Nc1c(Cl)ncnc1Cl)C1CCCC1. The average molecular weight is 296 g/mol. The van der Waals surface area contributed by atoms with Crippen LogP contribution in [0.5, 0.6) is 0 Å². The minimum Gasteiger partial charge on any atom is -0.277 e. The molecule has 0 aliphatic heterocycles. The van der Waals surface area contributed by atoms with Gasteiger partial charge in [0.25, 0.3) is 0 Å². The van der Waals surface area contributed by atoms with Crippen LogP contribution in [0.1, 0.15) is 25.7 Å². The van der Waals surface area contributed by atoms with Crippen molar-refractivity contribution >= 4 is 38.9 Å². The zero-order valence-corrected chi connectivity index (χ0v) is 11.2. The number of anilines is 1. The highest BCUT2D eigenvalue weighted by Gasteiger charge is 2.30. The molecule has 1 fully saturated rings. The van der Waals surface area contributed by atoms with Gasteiger partial charge in [-0.15, -0.1) is 0 Å². The van der Waals surface area contributed by atoms with Gasteiger partial charge in [0.05, 0.1) is 5.25 Å². The molecule has 94 valence electrons. The Bertz CT molecular complexity index is 495. The van der Waals surface area contributed by atoms with Crippen LogP contribution in [0, 0.1) is 0 Å². The second kappa shape index (κ2) is 4.96. The lowest BCUT2D eigenvalue weighted by molar-refractivity contribution is 0.585. The van der Waals surface area contributed by atoms with Crippen molar-refractivity contribution in [1.29, 1.82) is 0 Å². The van der Waals surface area contributed by atoms with Gasteiger partial charge in [-0.1, -0.05) is 36.0 Å². The third kappa shape index (κ3) is 2.81. The van der Waals surface area contributed by atoms with Crippen LogP contribution in [0.25, 0.3) is 0 Å². The molecule has 1 aliphatic rings. The third-order valence-corrected chi connectivity index (χ3v) is 5.15. The van der Waals surface area contributed by atoms with Gasteiger partial charge < -0.3 is 0 Å². The first kappa shape index (κ1) is 12.9. The van der Waals surface area contributed by atoms with E-state index in [1.165, 1.54) is 6.33 Å². The van der Waals surface area contributed by atoms with Crippen LogP contribution in [0.3, 0.4) is 0 Å². The summed E-state index contributed by atoms with van der Waals surface area (Å²) in [6.45, 7) is 0. The molecule has 0 radical (unpaired) electrons. The van der Waals surface area contributed by atoms with Crippen LogP contribution < -0.4 is 4.72 Å². The summed E-state index contributed by atoms with van der Waals surface area (Å²) in [5.74, 6) is 0. The van der Waals surface area contributed by atoms with Crippen molar-refractivity contribution in [3.05, 3.63) is 16.6 Å². The van der Waals surface area contributed by atoms with E-state index in [-0.39, 0.29) is 21.2 Å². The lowest BCUT2D eigenvalue weighted by Crippen LogP contribution is -2.25. The minimum atomic E-state index is -3.46. The monoisotopic (exact) mass is 295 g/mol. The zero-order valence-electron chi connectivity index (χ0n) is 8.86. The largest absolute Gasteiger partial charge is 0.277 e. The van der Waals surface area contributed by atoms with E-state index in [2.05, 4.69) is 14.7 Å². The molecule has 5 nitrogen and oxygen atoms in total. The van der Waals surface area contributed by atoms with Gasteiger partial charge >= 0.3 is 0 Å². The highest BCUT2D eigenvalue weighted by Crippen LogP contribution is 2.31. The normalized spacial score (nSPS) is 17.3. The number of nitrogens with one attached hydrogen (secondary N) is 1. The maximum Gasteiger partial charge on any atom is 0.235 e. The predicted octanol–water partition coefficient (Wildman–Crippen LogP) is 2.47. The number of hydrogen-bond acceptors (Lipinski definition) is 4. The molecule has 0 aromatic carbocycles. The Balaban J connectivity index is 2.26. The number of nitrogens with zero attached hydrogens (tertiary/aromatic N) is 2. The smallest absolute Gasteiger partial charge is 0.235 e. The van der Waals surface area contributed by atoms with Crippen molar-refractivity contribution in [3.63, 3.8) is 0 Å². The highest BCUT2D eigenvalue weighted by atomic mass is 35.5. The Hall–Kier alpha value is -0.590. The summed E-state index contributed by atoms with van der Waals surface area (Å²) in [6, 6.07) is 0. The summed E-state index contributed by atoms with van der Waals surface area (Å²) < 4.78 is 26.4. The first-order valence-corrected chi connectivity index (χ1v) is 7.48. The van der Waals surface area contributed by atoms with Gasteiger partial charge in [-0.25, -0.2) is 18.4 Å². The molecular weight excluding hydrogens is 285 g/mol. The molecule has 2 rings (SSSR count). The van der Waals surface area contributed by atoms with Crippen LogP contribution in [-0.4, -0.2) is 23.6 Å². The van der Waals surface area contributed by atoms with Crippen LogP contribution in [0.4, 0.5) is 5.69 Å². The Labute approximate surface area is 110 Å². The Kier molecular flexibility index (Phi) is 3.75. The van der Waals surface area contributed by atoms with Crippen molar-refractivity contribution in [2.45, 2.75) is 30.9 Å². The number of aromatic nitrogens is 2. The van der Waals surface area contributed by atoms with Crippen LogP contribution in [0.2, 0.25) is 10.3 Å². The molecule has 1 heterocycles. The van der Waals surface area contributed by atoms with Gasteiger partial charge in [0.15, 0.2) is 10.3 Å². The number of sulfonamides is 1. The number of halogens is 2. The highest BCUT2D eigenvalue weighted by molar-refractivity contribution is 7.93. The Morgan fingerprint density at radius 1 is 1.18 bits per heavy atom. The van der Waals surface area contributed by atoms with Crippen LogP contribution in [-0.2, 0) is 10.0 Å². The van der Waals surface area contributed by atoms with Crippen molar-refractivity contribution in [2.75, 3.05) is 4.72 Å². The summed E-state index contributed by atoms with van der Waals surface area (Å²) in [5.41, 5.74) is 0.0581. The van der Waals surface area contributed by atoms with E-state index in [0.717, 1.165) is 12.8 Å². The summed E-state index contributed by atoms with van der Waals surface area (Å²) in [5, 5.41) is -0.368. The second-order valence-electron chi connectivity index (χ2n) is 3.88. The molecule has 0 amide bonds. The van der Waals surface area contributed by atoms with Crippen LogP contribution in [0.15, 0.2) is 6.33 Å². The fourth-order valence-electron chi connectivity index (χ4n) is 1.85. The van der Waals surface area contributed by atoms with Crippen LogP contribution >= 0.6 is 23.2 Å². The Morgan fingerprint density at radius 2 is 1.71 bits per heavy atom. The fourth-order valence-corrected chi connectivity index (χ4v) is 3.97. The zero-order chi connectivity index (χ0) is 12.5. The van der Waals surface area contributed by atoms with Crippen molar-refractivity contribution in [2.24, 2.45) is 0 Å². The molecule has 0 saturated heterocycles. The molecule has 8 heteroatoms. The summed E-state index contributed by atoms with van der Waals surface area (Å²) >= 11 is 11.6. The molecule has 1 aromatic rings. The van der Waals surface area contributed by atoms with Crippen molar-refractivity contribution in [3.8, 4) is 0 Å². The molecule has 1 saturated carbocycles. The topological polar surface area (TPSA) is 72.0 Å². The summed E-state index contributed by atoms with van der Waals surface area (Å²) in [4.78, 5) is 7.39. The van der Waals surface area contributed by atoms with Gasteiger partial charge in [-0.3, -0.25) is 4.72 Å². The first-order chi connectivity index (χ1) is 8.00. The number of rotatable bonds is 3. The molecule has 0 bridgehead atoms. The summed E-state index contributed by atoms with van der Waals surface area (Å²) in [6.07, 6.45) is 4.37. The van der Waals surface area contributed by atoms with Gasteiger partial charge in [0.1, 0.15) is 12.0 Å². The molecule has 1 N–H and O–H groups in total. The first-order valence-electron chi connectivity index (χ1n) is 5.18. The number of hydrogen-bond donors (Lipinski definition) is 1. The molecule has 1 aromatic heterocycles. The van der Waals surface area contributed by atoms with E-state index in [1.54, 1.807) is 0 Å². The van der Waals surface area contributed by atoms with E-state index in [0.29, 0.717) is 12.8 Å². The van der Waals surface area contributed by atoms with Crippen molar-refractivity contribution in [1.82, 2.24) is 9.97 Å². The Morgan fingerprint density at radius 3 is 2.24 bits per heavy atom. The third-order valence-electron chi connectivity index (χ3n) is 2.74. The van der Waals surface area contributed by atoms with Gasteiger partial charge in [0.2, 0.25) is 10.0 Å². The maximum absolute atomic E-state index is 12.0. The van der Waals surface area contributed by atoms with E-state index in [4.69, 9.17) is 23.2 Å². The standard InChI is InChI=1S/C9H11Cl2N3O2S/c10-8-7(9(11)13-5-12-8)14-17(15,16)6-3-1-2-4-6/h5-6,14H,1-4H2. The molecule has 17 heavy (non-hydrogen) atoms. The molecular formula is C9H11Cl2N3O2S. The lowest BCUT2D eigenvalue weighted by atomic mass is 10.4. The predicted molar refractivity (Wildman–Crippen MR) is 66.9 cm³/mol. The average Bonchev–Trinajstić information content (AvgIpc) is 2.77. The second-order valence-corrected chi connectivity index (χ2v) is 6.56. The fraction of sp³-hybridized carbons (Fsp3) is 0.556. The van der Waals surface area contributed by atoms with Crippen molar-refractivity contribution < 1.29 is 8.42 Å². The quantitative estimate of drug-likeness (QED) is 0.870. The van der Waals surface area contributed by atoms with Gasteiger partial charge in [-0.05, 0) is 12.8 Å². The molecule has 0 unspecified atom stereocenters. The van der Waals surface area contributed by atoms with E-state index >= 15 is 0 Å². The van der Waals surface area contributed by atoms with Gasteiger partial charge in [-0.2, -0.15) is 0 Å². The summed E-state index contributed by atoms with van der Waals surface area (Å²) in [7, 11) is -3.46.